The first-order valence-corrected chi connectivity index (χ1v) is 9.69. The van der Waals surface area contributed by atoms with E-state index in [0.29, 0.717) is 11.4 Å². The minimum atomic E-state index is -0.424. The first-order chi connectivity index (χ1) is 13.3. The Bertz CT molecular complexity index is 1000. The number of anilines is 1. The van der Waals surface area contributed by atoms with Crippen molar-refractivity contribution in [2.45, 2.75) is 26.8 Å². The summed E-state index contributed by atoms with van der Waals surface area (Å²) in [5.74, 6) is 0.263. The molecular formula is C21H22BrFN4O. The largest absolute Gasteiger partial charge is 0.323 e. The van der Waals surface area contributed by atoms with Crippen molar-refractivity contribution >= 4 is 27.8 Å². The number of benzene rings is 2. The fourth-order valence-electron chi connectivity index (χ4n) is 2.91. The van der Waals surface area contributed by atoms with Gasteiger partial charge >= 0.3 is 6.03 Å². The van der Waals surface area contributed by atoms with Crippen molar-refractivity contribution in [3.05, 3.63) is 75.6 Å². The Labute approximate surface area is 172 Å². The maximum atomic E-state index is 14.1. The molecule has 0 saturated heterocycles. The molecule has 1 aromatic heterocycles. The molecule has 3 aromatic rings. The number of carbonyl (C=O) groups is 1. The highest BCUT2D eigenvalue weighted by molar-refractivity contribution is 9.10. The van der Waals surface area contributed by atoms with Gasteiger partial charge in [0.25, 0.3) is 0 Å². The lowest BCUT2D eigenvalue weighted by Gasteiger charge is -2.26. The van der Waals surface area contributed by atoms with Gasteiger partial charge in [0.2, 0.25) is 0 Å². The summed E-state index contributed by atoms with van der Waals surface area (Å²) in [6.07, 6.45) is 0. The number of amides is 2. The number of aromatic nitrogens is 2. The Balaban J connectivity index is 1.88. The van der Waals surface area contributed by atoms with Crippen molar-refractivity contribution in [3.63, 3.8) is 0 Å². The zero-order valence-corrected chi connectivity index (χ0v) is 17.8. The second-order valence-corrected chi connectivity index (χ2v) is 7.60. The molecule has 1 N–H and O–H groups in total. The second kappa shape index (κ2) is 8.14. The van der Waals surface area contributed by atoms with Gasteiger partial charge in [0.05, 0.1) is 17.4 Å². The van der Waals surface area contributed by atoms with E-state index in [4.69, 9.17) is 0 Å². The molecule has 28 heavy (non-hydrogen) atoms. The molecule has 0 saturated carbocycles. The van der Waals surface area contributed by atoms with Crippen molar-refractivity contribution < 1.29 is 9.18 Å². The monoisotopic (exact) mass is 444 g/mol. The fraction of sp³-hybridized carbons (Fsp3) is 0.238. The summed E-state index contributed by atoms with van der Waals surface area (Å²) in [5.41, 5.74) is 3.00. The third-order valence-corrected chi connectivity index (χ3v) is 5.44. The van der Waals surface area contributed by atoms with E-state index < -0.39 is 6.04 Å². The number of rotatable bonds is 4. The van der Waals surface area contributed by atoms with Crippen LogP contribution in [0.15, 0.2) is 53.0 Å². The molecular weight excluding hydrogens is 423 g/mol. The van der Waals surface area contributed by atoms with Gasteiger partial charge < -0.3 is 4.90 Å². The highest BCUT2D eigenvalue weighted by Crippen LogP contribution is 2.26. The van der Waals surface area contributed by atoms with Gasteiger partial charge in [-0.25, -0.2) is 13.9 Å². The van der Waals surface area contributed by atoms with Crippen LogP contribution in [0.1, 0.15) is 29.8 Å². The van der Waals surface area contributed by atoms with E-state index in [1.165, 1.54) is 11.0 Å². The maximum absolute atomic E-state index is 14.1. The van der Waals surface area contributed by atoms with Crippen LogP contribution in [0.25, 0.3) is 5.69 Å². The van der Waals surface area contributed by atoms with Crippen LogP contribution in [0, 0.1) is 19.7 Å². The third kappa shape index (κ3) is 3.94. The summed E-state index contributed by atoms with van der Waals surface area (Å²) < 4.78 is 16.8. The van der Waals surface area contributed by atoms with Crippen LogP contribution in [-0.2, 0) is 0 Å². The minimum Gasteiger partial charge on any atom is -0.321 e. The van der Waals surface area contributed by atoms with Crippen LogP contribution >= 0.6 is 15.9 Å². The fourth-order valence-corrected chi connectivity index (χ4v) is 3.17. The summed E-state index contributed by atoms with van der Waals surface area (Å²) in [6.45, 7) is 5.60. The van der Waals surface area contributed by atoms with Gasteiger partial charge in [0, 0.05) is 22.6 Å². The smallest absolute Gasteiger partial charge is 0.321 e. The molecule has 0 bridgehead atoms. The Morgan fingerprint density at radius 1 is 1.18 bits per heavy atom. The average Bonchev–Trinajstić information content (AvgIpc) is 2.96. The molecule has 0 aliphatic carbocycles. The van der Waals surface area contributed by atoms with Crippen molar-refractivity contribution in [1.82, 2.24) is 14.7 Å². The molecule has 1 atom stereocenters. The Hall–Kier alpha value is -2.67. The number of nitrogens with zero attached hydrogens (tertiary/aromatic N) is 3. The quantitative estimate of drug-likeness (QED) is 0.567. The number of carbonyl (C=O) groups excluding carboxylic acids is 1. The molecule has 0 aliphatic rings. The predicted octanol–water partition coefficient (Wildman–Crippen LogP) is 5.62. The zero-order chi connectivity index (χ0) is 20.4. The molecule has 1 heterocycles. The van der Waals surface area contributed by atoms with E-state index >= 15 is 0 Å². The first-order valence-electron chi connectivity index (χ1n) is 8.90. The number of aryl methyl sites for hydroxylation is 1. The number of nitrogens with one attached hydrogen (secondary N) is 1. The van der Waals surface area contributed by atoms with Gasteiger partial charge in [-0.05, 0) is 51.1 Å². The average molecular weight is 445 g/mol. The molecule has 3 rings (SSSR count). The number of urea groups is 1. The number of hydrogen-bond acceptors (Lipinski definition) is 2. The highest BCUT2D eigenvalue weighted by Gasteiger charge is 2.23. The van der Waals surface area contributed by atoms with Crippen molar-refractivity contribution in [2.24, 2.45) is 0 Å². The van der Waals surface area contributed by atoms with Crippen LogP contribution in [0.5, 0.6) is 0 Å². The van der Waals surface area contributed by atoms with Crippen molar-refractivity contribution in [1.29, 1.82) is 0 Å². The minimum absolute atomic E-state index is 0.332. The van der Waals surface area contributed by atoms with E-state index in [0.717, 1.165) is 21.4 Å². The van der Waals surface area contributed by atoms with E-state index in [9.17, 15) is 9.18 Å². The topological polar surface area (TPSA) is 50.2 Å². The first kappa shape index (κ1) is 20.1. The summed E-state index contributed by atoms with van der Waals surface area (Å²) in [7, 11) is 1.65. The van der Waals surface area contributed by atoms with Crippen LogP contribution < -0.4 is 5.32 Å². The Kier molecular flexibility index (Phi) is 5.84. The molecule has 146 valence electrons. The van der Waals surface area contributed by atoms with Crippen LogP contribution in [-0.4, -0.2) is 27.8 Å². The van der Waals surface area contributed by atoms with Crippen LogP contribution in [0.3, 0.4) is 0 Å². The maximum Gasteiger partial charge on any atom is 0.323 e. The molecule has 7 heteroatoms. The van der Waals surface area contributed by atoms with E-state index in [-0.39, 0.29) is 11.8 Å². The molecule has 0 aliphatic heterocycles. The van der Waals surface area contributed by atoms with Crippen LogP contribution in [0.2, 0.25) is 0 Å². The van der Waals surface area contributed by atoms with Crippen molar-refractivity contribution in [3.8, 4) is 5.69 Å². The Morgan fingerprint density at radius 3 is 2.46 bits per heavy atom. The molecule has 0 fully saturated rings. The summed E-state index contributed by atoms with van der Waals surface area (Å²) in [4.78, 5) is 14.4. The third-order valence-electron chi connectivity index (χ3n) is 4.91. The van der Waals surface area contributed by atoms with Gasteiger partial charge in [-0.1, -0.05) is 34.1 Å². The van der Waals surface area contributed by atoms with Crippen LogP contribution in [0.4, 0.5) is 15.0 Å². The highest BCUT2D eigenvalue weighted by atomic mass is 79.9. The normalized spacial score (nSPS) is 11.9. The van der Waals surface area contributed by atoms with Gasteiger partial charge in [-0.2, -0.15) is 5.10 Å². The molecule has 0 radical (unpaired) electrons. The van der Waals surface area contributed by atoms with Gasteiger partial charge in [-0.3, -0.25) is 5.32 Å². The lowest BCUT2D eigenvalue weighted by atomic mass is 10.1. The summed E-state index contributed by atoms with van der Waals surface area (Å²) in [6, 6.07) is 13.4. The lowest BCUT2D eigenvalue weighted by Crippen LogP contribution is -2.34. The van der Waals surface area contributed by atoms with Gasteiger partial charge in [0.1, 0.15) is 11.6 Å². The van der Waals surface area contributed by atoms with Gasteiger partial charge in [-0.15, -0.1) is 0 Å². The van der Waals surface area contributed by atoms with E-state index in [2.05, 4.69) is 26.3 Å². The lowest BCUT2D eigenvalue weighted by molar-refractivity contribution is 0.207. The van der Waals surface area contributed by atoms with Gasteiger partial charge in [0.15, 0.2) is 0 Å². The Morgan fingerprint density at radius 2 is 1.82 bits per heavy atom. The summed E-state index contributed by atoms with van der Waals surface area (Å²) in [5, 5.41) is 7.48. The molecule has 2 amide bonds. The predicted molar refractivity (Wildman–Crippen MR) is 112 cm³/mol. The zero-order valence-electron chi connectivity index (χ0n) is 16.2. The molecule has 5 nitrogen and oxygen atoms in total. The SMILES string of the molecule is Cc1nn(-c2ccc(Br)cc2)c(NC(=O)N(C)C(C)c2ccccc2F)c1C. The van der Waals surface area contributed by atoms with Crippen molar-refractivity contribution in [2.75, 3.05) is 12.4 Å². The number of hydrogen-bond donors (Lipinski definition) is 1. The standard InChI is InChI=1S/C21H22BrFN4O/c1-13-14(2)25-27(17-11-9-16(22)10-12-17)20(13)24-21(28)26(4)15(3)18-7-5-6-8-19(18)23/h5-12,15H,1-4H3,(H,24,28). The molecule has 2 aromatic carbocycles. The molecule has 1 unspecified atom stereocenters. The summed E-state index contributed by atoms with van der Waals surface area (Å²) >= 11 is 3.42. The number of halogens is 2. The second-order valence-electron chi connectivity index (χ2n) is 6.69. The van der Waals surface area contributed by atoms with E-state index in [1.54, 1.807) is 36.9 Å². The molecule has 0 spiro atoms. The van der Waals surface area contributed by atoms with E-state index in [1.807, 2.05) is 38.1 Å².